The monoisotopic (exact) mass is 224 g/mol. The molecule has 2 nitrogen and oxygen atoms in total. The van der Waals surface area contributed by atoms with E-state index < -0.39 is 0 Å². The van der Waals surface area contributed by atoms with Crippen LogP contribution in [0.2, 0.25) is 0 Å². The van der Waals surface area contributed by atoms with E-state index in [4.69, 9.17) is 4.74 Å². The van der Waals surface area contributed by atoms with Crippen LogP contribution in [-0.2, 0) is 10.5 Å². The predicted molar refractivity (Wildman–Crippen MR) is 64.2 cm³/mol. The van der Waals surface area contributed by atoms with E-state index in [0.717, 1.165) is 30.1 Å². The van der Waals surface area contributed by atoms with Gasteiger partial charge in [0.25, 0.3) is 0 Å². The molecule has 1 rings (SSSR count). The minimum absolute atomic E-state index is 0.154. The molecule has 0 amide bonds. The van der Waals surface area contributed by atoms with Gasteiger partial charge in [-0.15, -0.1) is 0 Å². The normalized spacial score (nSPS) is 10.0. The van der Waals surface area contributed by atoms with Gasteiger partial charge in [0.15, 0.2) is 5.12 Å². The van der Waals surface area contributed by atoms with Crippen molar-refractivity contribution in [1.29, 1.82) is 0 Å². The highest BCUT2D eigenvalue weighted by atomic mass is 32.2. The van der Waals surface area contributed by atoms with Crippen LogP contribution in [0.5, 0.6) is 5.75 Å². The standard InChI is InChI=1S/C12H16O2S/c1-3-8-14-12-6-4-11(5-7-12)9-15-10(2)13/h4-7H,3,8-9H2,1-2H3. The van der Waals surface area contributed by atoms with Gasteiger partial charge in [0, 0.05) is 12.7 Å². The van der Waals surface area contributed by atoms with Crippen LogP contribution in [0.25, 0.3) is 0 Å². The van der Waals surface area contributed by atoms with Crippen LogP contribution in [0.1, 0.15) is 25.8 Å². The van der Waals surface area contributed by atoms with Gasteiger partial charge in [-0.2, -0.15) is 0 Å². The summed E-state index contributed by atoms with van der Waals surface area (Å²) in [5.74, 6) is 1.64. The summed E-state index contributed by atoms with van der Waals surface area (Å²) in [6.07, 6.45) is 1.02. The molecule has 0 unspecified atom stereocenters. The van der Waals surface area contributed by atoms with Crippen LogP contribution >= 0.6 is 11.8 Å². The van der Waals surface area contributed by atoms with E-state index in [9.17, 15) is 4.79 Å². The number of hydrogen-bond donors (Lipinski definition) is 0. The van der Waals surface area contributed by atoms with Gasteiger partial charge in [0.05, 0.1) is 6.61 Å². The second kappa shape index (κ2) is 6.51. The van der Waals surface area contributed by atoms with Crippen LogP contribution in [0.3, 0.4) is 0 Å². The molecule has 0 atom stereocenters. The van der Waals surface area contributed by atoms with Crippen molar-refractivity contribution >= 4 is 16.9 Å². The SMILES string of the molecule is CCCOc1ccc(CSC(C)=O)cc1. The molecule has 0 radical (unpaired) electrons. The molecule has 0 N–H and O–H groups in total. The highest BCUT2D eigenvalue weighted by Crippen LogP contribution is 2.17. The van der Waals surface area contributed by atoms with Crippen molar-refractivity contribution in [2.45, 2.75) is 26.0 Å². The molecule has 3 heteroatoms. The third-order valence-corrected chi connectivity index (χ3v) is 2.72. The summed E-state index contributed by atoms with van der Waals surface area (Å²) in [6.45, 7) is 4.42. The van der Waals surface area contributed by atoms with Crippen LogP contribution in [0, 0.1) is 0 Å². The lowest BCUT2D eigenvalue weighted by atomic mass is 10.2. The van der Waals surface area contributed by atoms with Crippen molar-refractivity contribution in [3.05, 3.63) is 29.8 Å². The van der Waals surface area contributed by atoms with Crippen LogP contribution in [0.15, 0.2) is 24.3 Å². The number of benzene rings is 1. The number of hydrogen-bond acceptors (Lipinski definition) is 3. The molecule has 1 aromatic rings. The maximum Gasteiger partial charge on any atom is 0.186 e. The number of thioether (sulfide) groups is 1. The quantitative estimate of drug-likeness (QED) is 0.768. The van der Waals surface area contributed by atoms with Gasteiger partial charge in [0.1, 0.15) is 5.75 Å². The molecular formula is C12H16O2S. The van der Waals surface area contributed by atoms with Gasteiger partial charge in [-0.05, 0) is 24.1 Å². The predicted octanol–water partition coefficient (Wildman–Crippen LogP) is 3.26. The van der Waals surface area contributed by atoms with E-state index in [1.165, 1.54) is 11.8 Å². The first-order chi connectivity index (χ1) is 7.22. The highest BCUT2D eigenvalue weighted by Gasteiger charge is 1.98. The molecule has 82 valence electrons. The maximum atomic E-state index is 10.8. The third kappa shape index (κ3) is 4.88. The molecule has 0 saturated heterocycles. The number of rotatable bonds is 5. The van der Waals surface area contributed by atoms with E-state index in [2.05, 4.69) is 6.92 Å². The fraction of sp³-hybridized carbons (Fsp3) is 0.417. The molecule has 0 aromatic heterocycles. The summed E-state index contributed by atoms with van der Waals surface area (Å²) in [5.41, 5.74) is 1.15. The summed E-state index contributed by atoms with van der Waals surface area (Å²) in [5, 5.41) is 0.154. The van der Waals surface area contributed by atoms with E-state index in [1.54, 1.807) is 6.92 Å². The fourth-order valence-electron chi connectivity index (χ4n) is 1.09. The van der Waals surface area contributed by atoms with Gasteiger partial charge in [-0.25, -0.2) is 0 Å². The first-order valence-electron chi connectivity index (χ1n) is 5.07. The minimum Gasteiger partial charge on any atom is -0.494 e. The van der Waals surface area contributed by atoms with E-state index >= 15 is 0 Å². The number of carbonyl (C=O) groups is 1. The molecule has 0 aliphatic heterocycles. The molecule has 0 heterocycles. The molecule has 0 spiro atoms. The summed E-state index contributed by atoms with van der Waals surface area (Å²) in [7, 11) is 0. The van der Waals surface area contributed by atoms with Gasteiger partial charge >= 0.3 is 0 Å². The largest absolute Gasteiger partial charge is 0.494 e. The summed E-state index contributed by atoms with van der Waals surface area (Å²) < 4.78 is 5.46. The van der Waals surface area contributed by atoms with Crippen LogP contribution < -0.4 is 4.74 Å². The Morgan fingerprint density at radius 2 is 2.00 bits per heavy atom. The Balaban J connectivity index is 2.45. The third-order valence-electron chi connectivity index (χ3n) is 1.84. The molecule has 0 aliphatic rings. The Bertz CT molecular complexity index is 306. The second-order valence-corrected chi connectivity index (χ2v) is 4.42. The fourth-order valence-corrected chi connectivity index (χ4v) is 1.65. The zero-order chi connectivity index (χ0) is 11.1. The van der Waals surface area contributed by atoms with Crippen molar-refractivity contribution in [1.82, 2.24) is 0 Å². The van der Waals surface area contributed by atoms with Crippen LogP contribution in [-0.4, -0.2) is 11.7 Å². The Kier molecular flexibility index (Phi) is 5.26. The zero-order valence-electron chi connectivity index (χ0n) is 9.16. The maximum absolute atomic E-state index is 10.8. The molecule has 0 aliphatic carbocycles. The molecule has 0 bridgehead atoms. The highest BCUT2D eigenvalue weighted by molar-refractivity contribution is 8.12. The van der Waals surface area contributed by atoms with Crippen molar-refractivity contribution in [3.63, 3.8) is 0 Å². The smallest absolute Gasteiger partial charge is 0.186 e. The Labute approximate surface area is 95.0 Å². The first kappa shape index (κ1) is 12.1. The van der Waals surface area contributed by atoms with Crippen molar-refractivity contribution < 1.29 is 9.53 Å². The van der Waals surface area contributed by atoms with Gasteiger partial charge < -0.3 is 4.74 Å². The topological polar surface area (TPSA) is 26.3 Å². The average Bonchev–Trinajstić information content (AvgIpc) is 2.25. The van der Waals surface area contributed by atoms with Crippen molar-refractivity contribution in [3.8, 4) is 5.75 Å². The number of carbonyl (C=O) groups excluding carboxylic acids is 1. The molecule has 0 saturated carbocycles. The summed E-state index contributed by atoms with van der Waals surface area (Å²) in [4.78, 5) is 10.8. The van der Waals surface area contributed by atoms with Crippen LogP contribution in [0.4, 0.5) is 0 Å². The molecular weight excluding hydrogens is 208 g/mol. The average molecular weight is 224 g/mol. The van der Waals surface area contributed by atoms with E-state index in [0.29, 0.717) is 0 Å². The molecule has 1 aromatic carbocycles. The zero-order valence-corrected chi connectivity index (χ0v) is 9.97. The Morgan fingerprint density at radius 1 is 1.33 bits per heavy atom. The first-order valence-corrected chi connectivity index (χ1v) is 6.06. The molecule has 15 heavy (non-hydrogen) atoms. The molecule has 0 fully saturated rings. The summed E-state index contributed by atoms with van der Waals surface area (Å²) in [6, 6.07) is 7.90. The lowest BCUT2D eigenvalue weighted by Gasteiger charge is -2.05. The van der Waals surface area contributed by atoms with E-state index in [-0.39, 0.29) is 5.12 Å². The lowest BCUT2D eigenvalue weighted by Crippen LogP contribution is -1.94. The summed E-state index contributed by atoms with van der Waals surface area (Å²) >= 11 is 1.33. The van der Waals surface area contributed by atoms with Gasteiger partial charge in [0.2, 0.25) is 0 Å². The minimum atomic E-state index is 0.154. The van der Waals surface area contributed by atoms with Gasteiger partial charge in [-0.1, -0.05) is 30.8 Å². The van der Waals surface area contributed by atoms with Crippen molar-refractivity contribution in [2.24, 2.45) is 0 Å². The lowest BCUT2D eigenvalue weighted by molar-refractivity contribution is -0.109. The van der Waals surface area contributed by atoms with Gasteiger partial charge in [-0.3, -0.25) is 4.79 Å². The van der Waals surface area contributed by atoms with E-state index in [1.807, 2.05) is 24.3 Å². The number of ether oxygens (including phenoxy) is 1. The van der Waals surface area contributed by atoms with Crippen molar-refractivity contribution in [2.75, 3.05) is 6.61 Å². The Hall–Kier alpha value is -0.960. The second-order valence-electron chi connectivity index (χ2n) is 3.27. The Morgan fingerprint density at radius 3 is 2.53 bits per heavy atom.